The molecule has 2 amide bonds. The first kappa shape index (κ1) is 27.0. The summed E-state index contributed by atoms with van der Waals surface area (Å²) in [5.74, 6) is -1.22. The van der Waals surface area contributed by atoms with Gasteiger partial charge < -0.3 is 25.8 Å². The minimum atomic E-state index is -1.16. The monoisotopic (exact) mass is 553 g/mol. The van der Waals surface area contributed by atoms with Crippen molar-refractivity contribution < 1.29 is 28.6 Å². The maximum Gasteiger partial charge on any atom is 0.328 e. The number of rotatable bonds is 10. The molecule has 41 heavy (non-hydrogen) atoms. The second-order valence-electron chi connectivity index (χ2n) is 9.26. The van der Waals surface area contributed by atoms with Crippen molar-refractivity contribution in [2.45, 2.75) is 12.8 Å². The van der Waals surface area contributed by atoms with Gasteiger partial charge in [0.1, 0.15) is 17.0 Å². The van der Waals surface area contributed by atoms with E-state index in [1.807, 2.05) is 0 Å². The Morgan fingerprint density at radius 2 is 1.41 bits per heavy atom. The van der Waals surface area contributed by atoms with Crippen LogP contribution >= 0.6 is 0 Å². The number of carboxylic acids is 1. The number of nitrogens with one attached hydrogen (secondary N) is 3. The third-order valence-corrected chi connectivity index (χ3v) is 6.27. The molecule has 5 rings (SSSR count). The summed E-state index contributed by atoms with van der Waals surface area (Å²) in [5, 5.41) is 17.3. The van der Waals surface area contributed by atoms with E-state index in [1.54, 1.807) is 54.6 Å². The number of amides is 2. The smallest absolute Gasteiger partial charge is 0.328 e. The van der Waals surface area contributed by atoms with Crippen molar-refractivity contribution in [2.24, 2.45) is 5.41 Å². The van der Waals surface area contributed by atoms with Crippen LogP contribution in [0.1, 0.15) is 18.4 Å². The van der Waals surface area contributed by atoms with Crippen molar-refractivity contribution in [3.05, 3.63) is 103 Å². The molecule has 0 unspecified atom stereocenters. The molecule has 0 radical (unpaired) electrons. The zero-order chi connectivity index (χ0) is 28.8. The predicted molar refractivity (Wildman–Crippen MR) is 150 cm³/mol. The number of ether oxygens (including phenoxy) is 1. The SMILES string of the molecule is O=C(O)/C=C/c1ccc(Nc2nccc(Oc3ccc(NC(=O)C4(C(=O)Nc5ccc(F)cc5)CC4)cc3)n2)cc1. The number of carboxylic acid groups (broad SMARTS) is 1. The molecular formula is C30H24FN5O5. The summed E-state index contributed by atoms with van der Waals surface area (Å²) in [6, 6.07) is 20.6. The fourth-order valence-corrected chi connectivity index (χ4v) is 3.88. The van der Waals surface area contributed by atoms with Crippen molar-refractivity contribution in [1.82, 2.24) is 9.97 Å². The predicted octanol–water partition coefficient (Wildman–Crippen LogP) is 5.61. The summed E-state index contributed by atoms with van der Waals surface area (Å²) in [5.41, 5.74) is 1.19. The topological polar surface area (TPSA) is 143 Å². The second kappa shape index (κ2) is 11.7. The van der Waals surface area contributed by atoms with Gasteiger partial charge >= 0.3 is 5.97 Å². The fraction of sp³-hybridized carbons (Fsp3) is 0.100. The Hall–Kier alpha value is -5.58. The van der Waals surface area contributed by atoms with Crippen LogP contribution in [0.2, 0.25) is 0 Å². The van der Waals surface area contributed by atoms with E-state index in [1.165, 1.54) is 36.5 Å². The molecule has 4 aromatic rings. The molecule has 1 fully saturated rings. The molecule has 206 valence electrons. The summed E-state index contributed by atoms with van der Waals surface area (Å²) >= 11 is 0. The molecule has 4 N–H and O–H groups in total. The Labute approximate surface area is 233 Å². The van der Waals surface area contributed by atoms with E-state index >= 15 is 0 Å². The van der Waals surface area contributed by atoms with E-state index in [2.05, 4.69) is 25.9 Å². The maximum absolute atomic E-state index is 13.1. The molecule has 0 spiro atoms. The molecule has 11 heteroatoms. The Balaban J connectivity index is 1.16. The van der Waals surface area contributed by atoms with Gasteiger partial charge in [-0.25, -0.2) is 14.2 Å². The summed E-state index contributed by atoms with van der Waals surface area (Å²) in [6.45, 7) is 0. The van der Waals surface area contributed by atoms with Gasteiger partial charge in [0.05, 0.1) is 0 Å². The standard InChI is InChI=1S/C30H24FN5O5/c31-20-4-8-21(9-5-20)33-27(39)30(16-17-30)28(40)34-22-10-12-24(13-11-22)41-25-15-18-32-29(36-25)35-23-6-1-19(2-7-23)3-14-26(37)38/h1-15,18H,16-17H2,(H,33,39)(H,34,40)(H,37,38)(H,32,35,36)/b14-3+. The molecule has 1 saturated carbocycles. The molecule has 10 nitrogen and oxygen atoms in total. The van der Waals surface area contributed by atoms with Crippen LogP contribution in [0.15, 0.2) is 91.1 Å². The first-order chi connectivity index (χ1) is 19.8. The van der Waals surface area contributed by atoms with Gasteiger partial charge in [0.15, 0.2) is 0 Å². The highest BCUT2D eigenvalue weighted by Crippen LogP contribution is 2.47. The normalized spacial score (nSPS) is 13.3. The maximum atomic E-state index is 13.1. The number of aliphatic carboxylic acids is 1. The number of aromatic nitrogens is 2. The number of hydrogen-bond donors (Lipinski definition) is 4. The fourth-order valence-electron chi connectivity index (χ4n) is 3.88. The third-order valence-electron chi connectivity index (χ3n) is 6.27. The van der Waals surface area contributed by atoms with Crippen LogP contribution in [0.5, 0.6) is 11.6 Å². The average Bonchev–Trinajstić information content (AvgIpc) is 3.78. The number of benzene rings is 3. The van der Waals surface area contributed by atoms with Gasteiger partial charge in [-0.2, -0.15) is 4.98 Å². The lowest BCUT2D eigenvalue weighted by Crippen LogP contribution is -2.35. The van der Waals surface area contributed by atoms with Gasteiger partial charge in [-0.1, -0.05) is 12.1 Å². The molecule has 1 aliphatic rings. The lowest BCUT2D eigenvalue weighted by atomic mass is 10.0. The van der Waals surface area contributed by atoms with Gasteiger partial charge in [-0.15, -0.1) is 0 Å². The summed E-state index contributed by atoms with van der Waals surface area (Å²) in [7, 11) is 0. The van der Waals surface area contributed by atoms with E-state index in [-0.39, 0.29) is 5.88 Å². The Bertz CT molecular complexity index is 1600. The lowest BCUT2D eigenvalue weighted by molar-refractivity contribution is -0.132. The van der Waals surface area contributed by atoms with Gasteiger partial charge in [0.25, 0.3) is 0 Å². The van der Waals surface area contributed by atoms with Crippen molar-refractivity contribution in [3.63, 3.8) is 0 Å². The van der Waals surface area contributed by atoms with Gasteiger partial charge in [0, 0.05) is 35.4 Å². The zero-order valence-corrected chi connectivity index (χ0v) is 21.5. The molecule has 0 saturated heterocycles. The molecule has 0 bridgehead atoms. The first-order valence-electron chi connectivity index (χ1n) is 12.6. The zero-order valence-electron chi connectivity index (χ0n) is 21.5. The van der Waals surface area contributed by atoms with Gasteiger partial charge in [0.2, 0.25) is 23.6 Å². The second-order valence-corrected chi connectivity index (χ2v) is 9.26. The molecule has 0 atom stereocenters. The summed E-state index contributed by atoms with van der Waals surface area (Å²) in [6.07, 6.45) is 4.93. The van der Waals surface area contributed by atoms with Crippen molar-refractivity contribution in [2.75, 3.05) is 16.0 Å². The molecule has 1 heterocycles. The molecule has 1 aromatic heterocycles. The highest BCUT2D eigenvalue weighted by molar-refractivity contribution is 6.16. The first-order valence-corrected chi connectivity index (χ1v) is 12.6. The molecule has 1 aliphatic carbocycles. The van der Waals surface area contributed by atoms with Crippen LogP contribution in [0.3, 0.4) is 0 Å². The quantitative estimate of drug-likeness (QED) is 0.147. The number of halogens is 1. The number of carbonyl (C=O) groups excluding carboxylic acids is 2. The van der Waals surface area contributed by atoms with Crippen LogP contribution in [0.4, 0.5) is 27.4 Å². The van der Waals surface area contributed by atoms with Crippen molar-refractivity contribution >= 4 is 46.9 Å². The molecule has 3 aromatic carbocycles. The van der Waals surface area contributed by atoms with Crippen LogP contribution < -0.4 is 20.7 Å². The third kappa shape index (κ3) is 6.90. The van der Waals surface area contributed by atoms with Crippen LogP contribution in [0.25, 0.3) is 6.08 Å². The minimum Gasteiger partial charge on any atom is -0.478 e. The Morgan fingerprint density at radius 3 is 2.00 bits per heavy atom. The van der Waals surface area contributed by atoms with E-state index < -0.39 is 29.0 Å². The van der Waals surface area contributed by atoms with E-state index in [0.29, 0.717) is 41.6 Å². The van der Waals surface area contributed by atoms with Gasteiger partial charge in [-0.05, 0) is 85.1 Å². The Morgan fingerprint density at radius 1 is 0.829 bits per heavy atom. The number of carbonyl (C=O) groups is 3. The molecular weight excluding hydrogens is 529 g/mol. The lowest BCUT2D eigenvalue weighted by Gasteiger charge is -2.16. The average molecular weight is 554 g/mol. The van der Waals surface area contributed by atoms with Gasteiger partial charge in [-0.3, -0.25) is 9.59 Å². The summed E-state index contributed by atoms with van der Waals surface area (Å²) < 4.78 is 19.0. The number of hydrogen-bond acceptors (Lipinski definition) is 7. The van der Waals surface area contributed by atoms with Crippen LogP contribution in [-0.4, -0.2) is 32.9 Å². The van der Waals surface area contributed by atoms with E-state index in [9.17, 15) is 18.8 Å². The molecule has 0 aliphatic heterocycles. The number of nitrogens with zero attached hydrogens (tertiary/aromatic N) is 2. The minimum absolute atomic E-state index is 0.287. The van der Waals surface area contributed by atoms with Crippen LogP contribution in [-0.2, 0) is 14.4 Å². The van der Waals surface area contributed by atoms with E-state index in [4.69, 9.17) is 9.84 Å². The largest absolute Gasteiger partial charge is 0.478 e. The highest BCUT2D eigenvalue weighted by Gasteiger charge is 2.56. The van der Waals surface area contributed by atoms with Crippen molar-refractivity contribution in [3.8, 4) is 11.6 Å². The Kier molecular flexibility index (Phi) is 7.68. The van der Waals surface area contributed by atoms with Crippen molar-refractivity contribution in [1.29, 1.82) is 0 Å². The van der Waals surface area contributed by atoms with Crippen LogP contribution in [0, 0.1) is 11.2 Å². The summed E-state index contributed by atoms with van der Waals surface area (Å²) in [4.78, 5) is 44.9. The number of anilines is 4. The highest BCUT2D eigenvalue weighted by atomic mass is 19.1. The van der Waals surface area contributed by atoms with E-state index in [0.717, 1.165) is 11.6 Å².